The molecule has 3 aromatic rings. The Hall–Kier alpha value is -1.82. The van der Waals surface area contributed by atoms with Crippen LogP contribution in [-0.2, 0) is 14.1 Å². The highest BCUT2D eigenvalue weighted by molar-refractivity contribution is 9.10. The van der Waals surface area contributed by atoms with Crippen LogP contribution in [-0.4, -0.2) is 14.1 Å². The molecule has 0 radical (unpaired) electrons. The number of fused-ring (bicyclic) bond motifs is 1. The molecule has 2 heterocycles. The summed E-state index contributed by atoms with van der Waals surface area (Å²) in [5.41, 5.74) is 3.10. The Morgan fingerprint density at radius 1 is 1.26 bits per heavy atom. The van der Waals surface area contributed by atoms with Crippen molar-refractivity contribution in [3.8, 4) is 11.3 Å². The van der Waals surface area contributed by atoms with Crippen molar-refractivity contribution in [2.45, 2.75) is 6.92 Å². The number of oxazole rings is 1. The lowest BCUT2D eigenvalue weighted by Crippen LogP contribution is -2.08. The number of aryl methyl sites for hydroxylation is 2. The van der Waals surface area contributed by atoms with Gasteiger partial charge in [0.1, 0.15) is 16.1 Å². The van der Waals surface area contributed by atoms with Crippen molar-refractivity contribution in [2.24, 2.45) is 14.1 Å². The third-order valence-corrected chi connectivity index (χ3v) is 4.22. The SMILES string of the molecule is Cc1nc(-c2ccc3c(c2)oc(=O)n3C)c(Br)n1C. The molecule has 0 unspecified atom stereocenters. The number of aromatic nitrogens is 3. The minimum atomic E-state index is -0.358. The molecule has 2 aromatic heterocycles. The fourth-order valence-electron chi connectivity index (χ4n) is 2.05. The summed E-state index contributed by atoms with van der Waals surface area (Å²) in [4.78, 5) is 16.0. The lowest BCUT2D eigenvalue weighted by molar-refractivity contribution is 0.528. The van der Waals surface area contributed by atoms with Gasteiger partial charge in [-0.05, 0) is 35.0 Å². The van der Waals surface area contributed by atoms with Crippen LogP contribution in [0.3, 0.4) is 0 Å². The summed E-state index contributed by atoms with van der Waals surface area (Å²) in [7, 11) is 3.63. The summed E-state index contributed by atoms with van der Waals surface area (Å²) in [6.45, 7) is 1.94. The lowest BCUT2D eigenvalue weighted by atomic mass is 10.1. The van der Waals surface area contributed by atoms with E-state index in [1.54, 1.807) is 7.05 Å². The molecule has 98 valence electrons. The zero-order valence-electron chi connectivity index (χ0n) is 10.8. The van der Waals surface area contributed by atoms with Gasteiger partial charge in [0.2, 0.25) is 0 Å². The van der Waals surface area contributed by atoms with E-state index < -0.39 is 0 Å². The maximum atomic E-state index is 11.5. The Labute approximate surface area is 117 Å². The maximum Gasteiger partial charge on any atom is 0.419 e. The molecule has 6 heteroatoms. The van der Waals surface area contributed by atoms with E-state index in [0.717, 1.165) is 27.2 Å². The fraction of sp³-hybridized carbons (Fsp3) is 0.231. The van der Waals surface area contributed by atoms with Crippen LogP contribution in [0.25, 0.3) is 22.4 Å². The smallest absolute Gasteiger partial charge is 0.408 e. The van der Waals surface area contributed by atoms with E-state index in [1.807, 2.05) is 36.7 Å². The molecule has 19 heavy (non-hydrogen) atoms. The predicted molar refractivity (Wildman–Crippen MR) is 76.1 cm³/mol. The van der Waals surface area contributed by atoms with Crippen LogP contribution >= 0.6 is 15.9 Å². The van der Waals surface area contributed by atoms with Gasteiger partial charge in [-0.3, -0.25) is 4.57 Å². The van der Waals surface area contributed by atoms with E-state index in [-0.39, 0.29) is 5.76 Å². The Balaban J connectivity index is 2.26. The van der Waals surface area contributed by atoms with Crippen LogP contribution in [0, 0.1) is 6.92 Å². The molecule has 0 aliphatic carbocycles. The molecular weight excluding hydrogens is 310 g/mol. The molecular formula is C13H12BrN3O2. The Bertz CT molecular complexity index is 842. The standard InChI is InChI=1S/C13H12BrN3O2/c1-7-15-11(12(14)16(7)2)8-4-5-9-10(6-8)19-13(18)17(9)3/h4-6H,1-3H3. The average molecular weight is 322 g/mol. The van der Waals surface area contributed by atoms with E-state index in [1.165, 1.54) is 4.57 Å². The molecule has 0 saturated carbocycles. The number of imidazole rings is 1. The Morgan fingerprint density at radius 2 is 2.00 bits per heavy atom. The van der Waals surface area contributed by atoms with Gasteiger partial charge in [0.05, 0.1) is 5.52 Å². The van der Waals surface area contributed by atoms with Crippen molar-refractivity contribution < 1.29 is 4.42 Å². The van der Waals surface area contributed by atoms with E-state index in [9.17, 15) is 4.79 Å². The van der Waals surface area contributed by atoms with Crippen molar-refractivity contribution in [1.29, 1.82) is 0 Å². The second-order valence-corrected chi connectivity index (χ2v) is 5.22. The average Bonchev–Trinajstić information content (AvgIpc) is 2.81. The number of halogens is 1. The van der Waals surface area contributed by atoms with Crippen molar-refractivity contribution in [1.82, 2.24) is 14.1 Å². The molecule has 0 amide bonds. The topological polar surface area (TPSA) is 53.0 Å². The van der Waals surface area contributed by atoms with Crippen molar-refractivity contribution in [2.75, 3.05) is 0 Å². The van der Waals surface area contributed by atoms with Crippen LogP contribution < -0.4 is 5.76 Å². The van der Waals surface area contributed by atoms with Gasteiger partial charge in [-0.1, -0.05) is 6.07 Å². The molecule has 0 saturated heterocycles. The summed E-state index contributed by atoms with van der Waals surface area (Å²) in [5.74, 6) is 0.555. The number of nitrogens with zero attached hydrogens (tertiary/aromatic N) is 3. The molecule has 0 atom stereocenters. The molecule has 0 aliphatic rings. The molecule has 0 fully saturated rings. The van der Waals surface area contributed by atoms with Crippen LogP contribution in [0.5, 0.6) is 0 Å². The van der Waals surface area contributed by atoms with Crippen molar-refractivity contribution in [3.63, 3.8) is 0 Å². The lowest BCUT2D eigenvalue weighted by Gasteiger charge is -1.99. The third-order valence-electron chi connectivity index (χ3n) is 3.31. The highest BCUT2D eigenvalue weighted by atomic mass is 79.9. The van der Waals surface area contributed by atoms with Gasteiger partial charge in [-0.15, -0.1) is 0 Å². The van der Waals surface area contributed by atoms with Gasteiger partial charge in [0.25, 0.3) is 0 Å². The molecule has 3 rings (SSSR count). The number of benzene rings is 1. The van der Waals surface area contributed by atoms with Crippen molar-refractivity contribution >= 4 is 27.0 Å². The fourth-order valence-corrected chi connectivity index (χ4v) is 2.62. The van der Waals surface area contributed by atoms with Crippen LogP contribution in [0.15, 0.2) is 32.0 Å². The van der Waals surface area contributed by atoms with E-state index >= 15 is 0 Å². The molecule has 0 spiro atoms. The Kier molecular flexibility index (Phi) is 2.63. The number of hydrogen-bond donors (Lipinski definition) is 0. The monoisotopic (exact) mass is 321 g/mol. The first kappa shape index (κ1) is 12.2. The molecule has 1 aromatic carbocycles. The van der Waals surface area contributed by atoms with Gasteiger partial charge in [0.15, 0.2) is 5.58 Å². The number of hydrogen-bond acceptors (Lipinski definition) is 3. The van der Waals surface area contributed by atoms with E-state index in [2.05, 4.69) is 20.9 Å². The summed E-state index contributed by atoms with van der Waals surface area (Å²) < 4.78 is 9.54. The summed E-state index contributed by atoms with van der Waals surface area (Å²) in [5, 5.41) is 0. The highest BCUT2D eigenvalue weighted by Gasteiger charge is 2.14. The maximum absolute atomic E-state index is 11.5. The normalized spacial score (nSPS) is 11.4. The summed E-state index contributed by atoms with van der Waals surface area (Å²) in [6, 6.07) is 5.64. The van der Waals surface area contributed by atoms with E-state index in [0.29, 0.717) is 5.58 Å². The van der Waals surface area contributed by atoms with Crippen molar-refractivity contribution in [3.05, 3.63) is 39.2 Å². The highest BCUT2D eigenvalue weighted by Crippen LogP contribution is 2.29. The number of rotatable bonds is 1. The quantitative estimate of drug-likeness (QED) is 0.692. The zero-order valence-corrected chi connectivity index (χ0v) is 12.4. The third kappa shape index (κ3) is 1.74. The Morgan fingerprint density at radius 3 is 2.63 bits per heavy atom. The minimum absolute atomic E-state index is 0.358. The minimum Gasteiger partial charge on any atom is -0.408 e. The molecule has 0 N–H and O–H groups in total. The zero-order chi connectivity index (χ0) is 13.7. The van der Waals surface area contributed by atoms with Crippen LogP contribution in [0.1, 0.15) is 5.82 Å². The summed E-state index contributed by atoms with van der Waals surface area (Å²) >= 11 is 3.52. The van der Waals surface area contributed by atoms with Gasteiger partial charge in [-0.25, -0.2) is 9.78 Å². The molecule has 5 nitrogen and oxygen atoms in total. The van der Waals surface area contributed by atoms with Gasteiger partial charge in [-0.2, -0.15) is 0 Å². The first-order valence-electron chi connectivity index (χ1n) is 5.78. The van der Waals surface area contributed by atoms with Crippen LogP contribution in [0.4, 0.5) is 0 Å². The van der Waals surface area contributed by atoms with Gasteiger partial charge < -0.3 is 8.98 Å². The van der Waals surface area contributed by atoms with Gasteiger partial charge in [0, 0.05) is 19.7 Å². The largest absolute Gasteiger partial charge is 0.419 e. The second-order valence-electron chi connectivity index (χ2n) is 4.47. The second kappa shape index (κ2) is 4.09. The molecule has 0 bridgehead atoms. The first-order chi connectivity index (χ1) is 8.99. The van der Waals surface area contributed by atoms with Gasteiger partial charge >= 0.3 is 5.76 Å². The summed E-state index contributed by atoms with van der Waals surface area (Å²) in [6.07, 6.45) is 0. The first-order valence-corrected chi connectivity index (χ1v) is 6.57. The van der Waals surface area contributed by atoms with E-state index in [4.69, 9.17) is 4.42 Å². The predicted octanol–water partition coefficient (Wildman–Crippen LogP) is 2.60. The molecule has 0 aliphatic heterocycles. The van der Waals surface area contributed by atoms with Crippen LogP contribution in [0.2, 0.25) is 0 Å².